The number of benzene rings is 1. The van der Waals surface area contributed by atoms with Gasteiger partial charge in [-0.25, -0.2) is 13.1 Å². The number of hydrogen-bond donors (Lipinski definition) is 3. The van der Waals surface area contributed by atoms with E-state index in [1.165, 1.54) is 0 Å². The van der Waals surface area contributed by atoms with Crippen molar-refractivity contribution in [3.63, 3.8) is 0 Å². The summed E-state index contributed by atoms with van der Waals surface area (Å²) in [4.78, 5) is 0.201. The van der Waals surface area contributed by atoms with E-state index in [1.54, 1.807) is 24.3 Å². The van der Waals surface area contributed by atoms with Crippen LogP contribution in [0, 0.1) is 5.41 Å². The van der Waals surface area contributed by atoms with Gasteiger partial charge in [0.1, 0.15) is 4.90 Å². The molecule has 1 fully saturated rings. The standard InChI is InChI=1S/C14H23N3O2S/c1-14(2)9-7-11(8-10-14)17-20(18,19)13-6-4-3-5-12(13)16-15/h3-6,11,16-17H,7-10,15H2,1-2H3. The Morgan fingerprint density at radius 1 is 1.20 bits per heavy atom. The molecule has 0 aromatic heterocycles. The van der Waals surface area contributed by atoms with Gasteiger partial charge < -0.3 is 5.43 Å². The summed E-state index contributed by atoms with van der Waals surface area (Å²) in [5.74, 6) is 5.37. The number of hydrogen-bond acceptors (Lipinski definition) is 4. The van der Waals surface area contributed by atoms with E-state index in [2.05, 4.69) is 24.0 Å². The maximum Gasteiger partial charge on any atom is 0.242 e. The van der Waals surface area contributed by atoms with Gasteiger partial charge in [-0.1, -0.05) is 26.0 Å². The molecule has 1 aromatic rings. The number of rotatable bonds is 4. The van der Waals surface area contributed by atoms with Crippen LogP contribution in [-0.4, -0.2) is 14.5 Å². The summed E-state index contributed by atoms with van der Waals surface area (Å²) >= 11 is 0. The van der Waals surface area contributed by atoms with Crippen molar-refractivity contribution in [2.45, 2.75) is 50.5 Å². The molecule has 1 aliphatic rings. The van der Waals surface area contributed by atoms with E-state index in [0.717, 1.165) is 25.7 Å². The molecule has 0 aliphatic heterocycles. The lowest BCUT2D eigenvalue weighted by Gasteiger charge is -2.34. The van der Waals surface area contributed by atoms with E-state index >= 15 is 0 Å². The lowest BCUT2D eigenvalue weighted by atomic mass is 9.76. The Hall–Kier alpha value is -1.11. The summed E-state index contributed by atoms with van der Waals surface area (Å²) in [6, 6.07) is 6.67. The molecule has 0 amide bonds. The second kappa shape index (κ2) is 5.71. The Kier molecular flexibility index (Phi) is 4.36. The fourth-order valence-electron chi connectivity index (χ4n) is 2.62. The Bertz CT molecular complexity index is 560. The molecule has 0 saturated heterocycles. The summed E-state index contributed by atoms with van der Waals surface area (Å²) in [6.07, 6.45) is 3.84. The maximum atomic E-state index is 12.4. The minimum Gasteiger partial charge on any atom is -0.323 e. The van der Waals surface area contributed by atoms with Gasteiger partial charge in [-0.3, -0.25) is 5.84 Å². The second-order valence-corrected chi connectivity index (χ2v) is 7.88. The first kappa shape index (κ1) is 15.3. The van der Waals surface area contributed by atoms with Gasteiger partial charge in [-0.2, -0.15) is 0 Å². The molecule has 20 heavy (non-hydrogen) atoms. The van der Waals surface area contributed by atoms with Crippen LogP contribution in [0.4, 0.5) is 5.69 Å². The number of para-hydroxylation sites is 1. The van der Waals surface area contributed by atoms with Gasteiger partial charge in [-0.15, -0.1) is 0 Å². The largest absolute Gasteiger partial charge is 0.323 e. The molecule has 5 nitrogen and oxygen atoms in total. The van der Waals surface area contributed by atoms with Gasteiger partial charge in [0, 0.05) is 6.04 Å². The van der Waals surface area contributed by atoms with Crippen LogP contribution < -0.4 is 16.0 Å². The first-order chi connectivity index (χ1) is 9.34. The predicted octanol–water partition coefficient (Wildman–Crippen LogP) is 2.22. The van der Waals surface area contributed by atoms with Gasteiger partial charge in [-0.05, 0) is 43.2 Å². The average Bonchev–Trinajstić information content (AvgIpc) is 2.41. The molecular formula is C14H23N3O2S. The quantitative estimate of drug-likeness (QED) is 0.587. The van der Waals surface area contributed by atoms with Crippen molar-refractivity contribution in [1.29, 1.82) is 0 Å². The summed E-state index contributed by atoms with van der Waals surface area (Å²) in [7, 11) is -3.53. The fraction of sp³-hybridized carbons (Fsp3) is 0.571. The first-order valence-corrected chi connectivity index (χ1v) is 8.40. The van der Waals surface area contributed by atoms with E-state index in [-0.39, 0.29) is 10.9 Å². The van der Waals surface area contributed by atoms with Gasteiger partial charge in [0.15, 0.2) is 0 Å². The monoisotopic (exact) mass is 297 g/mol. The third-order valence-electron chi connectivity index (χ3n) is 3.99. The number of nitrogens with two attached hydrogens (primary N) is 1. The highest BCUT2D eigenvalue weighted by atomic mass is 32.2. The van der Waals surface area contributed by atoms with Gasteiger partial charge in [0.25, 0.3) is 0 Å². The molecule has 1 aromatic carbocycles. The zero-order chi connectivity index (χ0) is 14.8. The zero-order valence-corrected chi connectivity index (χ0v) is 12.8. The number of anilines is 1. The van der Waals surface area contributed by atoms with Crippen LogP contribution in [0.2, 0.25) is 0 Å². The van der Waals surface area contributed by atoms with Crippen molar-refractivity contribution < 1.29 is 8.42 Å². The third kappa shape index (κ3) is 3.50. The zero-order valence-electron chi connectivity index (χ0n) is 12.0. The third-order valence-corrected chi connectivity index (χ3v) is 5.57. The molecule has 1 aliphatic carbocycles. The van der Waals surface area contributed by atoms with Crippen LogP contribution in [-0.2, 0) is 10.0 Å². The minimum atomic E-state index is -3.53. The molecule has 1 saturated carbocycles. The highest BCUT2D eigenvalue weighted by Crippen LogP contribution is 2.35. The Labute approximate surface area is 121 Å². The van der Waals surface area contributed by atoms with Gasteiger partial charge in [0.05, 0.1) is 5.69 Å². The van der Waals surface area contributed by atoms with Crippen LogP contribution in [0.15, 0.2) is 29.2 Å². The molecule has 6 heteroatoms. The molecule has 4 N–H and O–H groups in total. The van der Waals surface area contributed by atoms with Crippen LogP contribution in [0.5, 0.6) is 0 Å². The maximum absolute atomic E-state index is 12.4. The summed E-state index contributed by atoms with van der Waals surface area (Å²) in [5.41, 5.74) is 3.16. The number of nitrogen functional groups attached to an aromatic ring is 1. The Morgan fingerprint density at radius 3 is 2.40 bits per heavy atom. The van der Waals surface area contributed by atoms with Crippen molar-refractivity contribution in [3.05, 3.63) is 24.3 Å². The summed E-state index contributed by atoms with van der Waals surface area (Å²) < 4.78 is 27.7. The van der Waals surface area contributed by atoms with Crippen molar-refractivity contribution in [3.8, 4) is 0 Å². The minimum absolute atomic E-state index is 0.0128. The molecule has 0 spiro atoms. The van der Waals surface area contributed by atoms with Crippen molar-refractivity contribution in [2.75, 3.05) is 5.43 Å². The first-order valence-electron chi connectivity index (χ1n) is 6.92. The highest BCUT2D eigenvalue weighted by Gasteiger charge is 2.30. The van der Waals surface area contributed by atoms with E-state index in [1.807, 2.05) is 0 Å². The lowest BCUT2D eigenvalue weighted by molar-refractivity contribution is 0.218. The lowest BCUT2D eigenvalue weighted by Crippen LogP contribution is -2.39. The predicted molar refractivity (Wildman–Crippen MR) is 80.6 cm³/mol. The van der Waals surface area contributed by atoms with E-state index in [0.29, 0.717) is 11.1 Å². The highest BCUT2D eigenvalue weighted by molar-refractivity contribution is 7.89. The molecule has 0 heterocycles. The summed E-state index contributed by atoms with van der Waals surface area (Å²) in [5, 5.41) is 0. The molecule has 2 rings (SSSR count). The van der Waals surface area contributed by atoms with Crippen molar-refractivity contribution >= 4 is 15.7 Å². The van der Waals surface area contributed by atoms with E-state index < -0.39 is 10.0 Å². The van der Waals surface area contributed by atoms with Gasteiger partial charge >= 0.3 is 0 Å². The SMILES string of the molecule is CC1(C)CCC(NS(=O)(=O)c2ccccc2NN)CC1. The van der Waals surface area contributed by atoms with E-state index in [9.17, 15) is 8.42 Å². The molecule has 0 atom stereocenters. The smallest absolute Gasteiger partial charge is 0.242 e. The fourth-order valence-corrected chi connectivity index (χ4v) is 4.10. The molecule has 0 radical (unpaired) electrons. The van der Waals surface area contributed by atoms with Crippen LogP contribution >= 0.6 is 0 Å². The molecule has 0 bridgehead atoms. The Morgan fingerprint density at radius 2 is 1.80 bits per heavy atom. The van der Waals surface area contributed by atoms with Crippen LogP contribution in [0.25, 0.3) is 0 Å². The normalized spacial score (nSPS) is 19.8. The molecule has 0 unspecified atom stereocenters. The van der Waals surface area contributed by atoms with E-state index in [4.69, 9.17) is 5.84 Å². The van der Waals surface area contributed by atoms with Crippen molar-refractivity contribution in [2.24, 2.45) is 11.3 Å². The van der Waals surface area contributed by atoms with Crippen LogP contribution in [0.3, 0.4) is 0 Å². The van der Waals surface area contributed by atoms with Crippen LogP contribution in [0.1, 0.15) is 39.5 Å². The van der Waals surface area contributed by atoms with Crippen molar-refractivity contribution in [1.82, 2.24) is 4.72 Å². The summed E-state index contributed by atoms with van der Waals surface area (Å²) in [6.45, 7) is 4.46. The average molecular weight is 297 g/mol. The Balaban J connectivity index is 2.12. The topological polar surface area (TPSA) is 84.2 Å². The number of sulfonamides is 1. The van der Waals surface area contributed by atoms with Gasteiger partial charge in [0.2, 0.25) is 10.0 Å². The molecule has 112 valence electrons. The second-order valence-electron chi connectivity index (χ2n) is 6.20. The number of nitrogens with one attached hydrogen (secondary N) is 2. The molecular weight excluding hydrogens is 274 g/mol. The number of hydrazine groups is 1.